The number of carbonyl (C=O) groups excluding carboxylic acids is 2. The molecule has 0 saturated heterocycles. The zero-order valence-corrected chi connectivity index (χ0v) is 13.4. The second-order valence-electron chi connectivity index (χ2n) is 5.76. The van der Waals surface area contributed by atoms with E-state index in [9.17, 15) is 9.59 Å². The molecule has 1 unspecified atom stereocenters. The highest BCUT2D eigenvalue weighted by atomic mass is 16.5. The van der Waals surface area contributed by atoms with Crippen LogP contribution in [0.15, 0.2) is 34.9 Å². The summed E-state index contributed by atoms with van der Waals surface area (Å²) in [6.45, 7) is 4.07. The van der Waals surface area contributed by atoms with E-state index in [1.807, 2.05) is 31.2 Å². The number of carbonyl (C=O) groups is 2. The molecule has 1 atom stereocenters. The van der Waals surface area contributed by atoms with Gasteiger partial charge in [-0.1, -0.05) is 31.1 Å². The van der Waals surface area contributed by atoms with Crippen LogP contribution in [0, 0.1) is 0 Å². The molecule has 0 radical (unpaired) electrons. The number of para-hydroxylation sites is 2. The van der Waals surface area contributed by atoms with E-state index in [2.05, 4.69) is 12.1 Å². The fraction of sp³-hybridized carbons (Fsp3) is 0.353. The highest BCUT2D eigenvalue weighted by molar-refractivity contribution is 6.14. The van der Waals surface area contributed by atoms with E-state index in [1.54, 1.807) is 18.0 Å². The predicted molar refractivity (Wildman–Crippen MR) is 86.7 cm³/mol. The molecule has 1 aliphatic rings. The first-order valence-electron chi connectivity index (χ1n) is 7.67. The van der Waals surface area contributed by atoms with Crippen LogP contribution in [-0.4, -0.2) is 30.6 Å². The quantitative estimate of drug-likeness (QED) is 0.874. The van der Waals surface area contributed by atoms with Crippen molar-refractivity contribution >= 4 is 23.2 Å². The smallest absolute Gasteiger partial charge is 0.297 e. The molecule has 3 rings (SSSR count). The number of likely N-dealkylation sites (N-methyl/N-ethyl adjacent to an activating group) is 1. The molecule has 0 bridgehead atoms. The summed E-state index contributed by atoms with van der Waals surface area (Å²) in [5, 5.41) is 3.97. The van der Waals surface area contributed by atoms with Gasteiger partial charge in [0.15, 0.2) is 0 Å². The van der Waals surface area contributed by atoms with Gasteiger partial charge in [0.1, 0.15) is 6.54 Å². The minimum absolute atomic E-state index is 0.00822. The molecule has 120 valence electrons. The van der Waals surface area contributed by atoms with Crippen LogP contribution < -0.4 is 9.80 Å². The minimum atomic E-state index is -0.346. The first-order valence-corrected chi connectivity index (χ1v) is 7.67. The monoisotopic (exact) mass is 313 g/mol. The highest BCUT2D eigenvalue weighted by Crippen LogP contribution is 2.33. The van der Waals surface area contributed by atoms with Crippen LogP contribution in [0.2, 0.25) is 0 Å². The lowest BCUT2D eigenvalue weighted by Crippen LogP contribution is -2.46. The van der Waals surface area contributed by atoms with Gasteiger partial charge < -0.3 is 9.42 Å². The third-order valence-electron chi connectivity index (χ3n) is 4.30. The van der Waals surface area contributed by atoms with Gasteiger partial charge in [-0.05, 0) is 18.6 Å². The first kappa shape index (κ1) is 15.3. The molecule has 1 aliphatic heterocycles. The van der Waals surface area contributed by atoms with Crippen LogP contribution in [0.1, 0.15) is 42.4 Å². The molecule has 6 nitrogen and oxygen atoms in total. The van der Waals surface area contributed by atoms with Crippen LogP contribution in [0.5, 0.6) is 0 Å². The van der Waals surface area contributed by atoms with Gasteiger partial charge in [0, 0.05) is 19.0 Å². The van der Waals surface area contributed by atoms with Gasteiger partial charge in [0.25, 0.3) is 5.91 Å². The molecule has 0 aliphatic carbocycles. The average molecular weight is 313 g/mol. The number of benzene rings is 1. The molecule has 0 N–H and O–H groups in total. The van der Waals surface area contributed by atoms with Crippen molar-refractivity contribution in [1.82, 2.24) is 5.16 Å². The van der Waals surface area contributed by atoms with Gasteiger partial charge in [-0.2, -0.15) is 0 Å². The summed E-state index contributed by atoms with van der Waals surface area (Å²) >= 11 is 0. The second-order valence-corrected chi connectivity index (χ2v) is 5.76. The Labute approximate surface area is 134 Å². The number of nitrogens with zero attached hydrogens (tertiary/aromatic N) is 3. The Balaban J connectivity index is 1.95. The van der Waals surface area contributed by atoms with Crippen molar-refractivity contribution < 1.29 is 14.1 Å². The predicted octanol–water partition coefficient (Wildman–Crippen LogP) is 2.81. The average Bonchev–Trinajstić information content (AvgIpc) is 3.07. The van der Waals surface area contributed by atoms with Gasteiger partial charge in [-0.3, -0.25) is 14.5 Å². The zero-order valence-electron chi connectivity index (χ0n) is 13.4. The maximum atomic E-state index is 12.8. The Hall–Kier alpha value is -2.63. The molecule has 0 fully saturated rings. The topological polar surface area (TPSA) is 66.7 Å². The number of hydrogen-bond donors (Lipinski definition) is 0. The van der Waals surface area contributed by atoms with Crippen LogP contribution in [-0.2, 0) is 4.79 Å². The Kier molecular flexibility index (Phi) is 3.90. The standard InChI is InChI=1S/C17H19N3O3/c1-4-11(2)12-9-15(23-18-12)17(22)20-10-16(21)19(3)13-7-5-6-8-14(13)20/h5-9,11H,4,10H2,1-3H3. The Bertz CT molecular complexity index is 753. The minimum Gasteiger partial charge on any atom is -0.351 e. The van der Waals surface area contributed by atoms with Crippen LogP contribution >= 0.6 is 0 Å². The van der Waals surface area contributed by atoms with Gasteiger partial charge in [-0.25, -0.2) is 0 Å². The van der Waals surface area contributed by atoms with E-state index in [0.717, 1.165) is 12.1 Å². The van der Waals surface area contributed by atoms with Crippen molar-refractivity contribution in [3.8, 4) is 0 Å². The Morgan fingerprint density at radius 2 is 2.04 bits per heavy atom. The summed E-state index contributed by atoms with van der Waals surface area (Å²) in [5.74, 6) is -0.103. The van der Waals surface area contributed by atoms with Crippen molar-refractivity contribution in [1.29, 1.82) is 0 Å². The number of aromatic nitrogens is 1. The van der Waals surface area contributed by atoms with Gasteiger partial charge in [0.2, 0.25) is 11.7 Å². The SMILES string of the molecule is CCC(C)c1cc(C(=O)N2CC(=O)N(C)c3ccccc32)on1. The van der Waals surface area contributed by atoms with E-state index < -0.39 is 0 Å². The summed E-state index contributed by atoms with van der Waals surface area (Å²) in [5.41, 5.74) is 2.16. The molecule has 2 aromatic rings. The summed E-state index contributed by atoms with van der Waals surface area (Å²) in [7, 11) is 1.71. The lowest BCUT2D eigenvalue weighted by molar-refractivity contribution is -0.117. The summed E-state index contributed by atoms with van der Waals surface area (Å²) in [6.07, 6.45) is 0.913. The molecule has 2 heterocycles. The normalized spacial score (nSPS) is 15.5. The van der Waals surface area contributed by atoms with E-state index in [4.69, 9.17) is 4.52 Å². The third-order valence-corrected chi connectivity index (χ3v) is 4.30. The van der Waals surface area contributed by atoms with Crippen LogP contribution in [0.3, 0.4) is 0 Å². The number of rotatable bonds is 3. The zero-order chi connectivity index (χ0) is 16.6. The lowest BCUT2D eigenvalue weighted by Gasteiger charge is -2.33. The molecule has 2 amide bonds. The van der Waals surface area contributed by atoms with Crippen molar-refractivity contribution in [2.75, 3.05) is 23.4 Å². The Morgan fingerprint density at radius 1 is 1.35 bits per heavy atom. The summed E-state index contributed by atoms with van der Waals surface area (Å²) in [6, 6.07) is 8.99. The molecule has 1 aromatic carbocycles. The maximum absolute atomic E-state index is 12.8. The fourth-order valence-corrected chi connectivity index (χ4v) is 2.58. The summed E-state index contributed by atoms with van der Waals surface area (Å²) in [4.78, 5) is 27.9. The van der Waals surface area contributed by atoms with Crippen molar-refractivity contribution in [3.63, 3.8) is 0 Å². The number of hydrogen-bond acceptors (Lipinski definition) is 4. The second kappa shape index (κ2) is 5.87. The van der Waals surface area contributed by atoms with Crippen molar-refractivity contribution in [2.45, 2.75) is 26.2 Å². The number of fused-ring (bicyclic) bond motifs is 1. The Morgan fingerprint density at radius 3 is 2.74 bits per heavy atom. The summed E-state index contributed by atoms with van der Waals surface area (Å²) < 4.78 is 5.21. The third kappa shape index (κ3) is 2.60. The van der Waals surface area contributed by atoms with E-state index in [-0.39, 0.29) is 30.0 Å². The van der Waals surface area contributed by atoms with Gasteiger partial charge in [-0.15, -0.1) is 0 Å². The highest BCUT2D eigenvalue weighted by Gasteiger charge is 2.32. The van der Waals surface area contributed by atoms with Crippen LogP contribution in [0.25, 0.3) is 0 Å². The molecular weight excluding hydrogens is 294 g/mol. The van der Waals surface area contributed by atoms with Crippen molar-refractivity contribution in [3.05, 3.63) is 41.8 Å². The maximum Gasteiger partial charge on any atom is 0.297 e. The molecule has 6 heteroatoms. The van der Waals surface area contributed by atoms with Crippen LogP contribution in [0.4, 0.5) is 11.4 Å². The molecule has 0 spiro atoms. The molecule has 23 heavy (non-hydrogen) atoms. The molecular formula is C17H19N3O3. The van der Waals surface area contributed by atoms with E-state index >= 15 is 0 Å². The van der Waals surface area contributed by atoms with Crippen molar-refractivity contribution in [2.24, 2.45) is 0 Å². The van der Waals surface area contributed by atoms with Gasteiger partial charge >= 0.3 is 0 Å². The fourth-order valence-electron chi connectivity index (χ4n) is 2.58. The molecule has 1 aromatic heterocycles. The number of amides is 2. The van der Waals surface area contributed by atoms with Gasteiger partial charge in [0.05, 0.1) is 17.1 Å². The largest absolute Gasteiger partial charge is 0.351 e. The lowest BCUT2D eigenvalue weighted by atomic mass is 10.1. The van der Waals surface area contributed by atoms with E-state index in [1.165, 1.54) is 4.90 Å². The van der Waals surface area contributed by atoms with E-state index in [0.29, 0.717) is 11.4 Å². The molecule has 0 saturated carbocycles. The number of anilines is 2. The first-order chi connectivity index (χ1) is 11.0.